The first-order valence-electron chi connectivity index (χ1n) is 5.82. The lowest BCUT2D eigenvalue weighted by Crippen LogP contribution is -2.18. The topological polar surface area (TPSA) is 65.4 Å². The van der Waals surface area contributed by atoms with Gasteiger partial charge in [-0.05, 0) is 31.2 Å². The molecule has 18 heavy (non-hydrogen) atoms. The van der Waals surface area contributed by atoms with Gasteiger partial charge in [0.2, 0.25) is 0 Å². The number of aromatic hydroxyl groups is 2. The predicted molar refractivity (Wildman–Crippen MR) is 69.3 cm³/mol. The molecule has 4 heteroatoms. The minimum absolute atomic E-state index is 0.0935. The molecule has 1 unspecified atom stereocenters. The Morgan fingerprint density at radius 2 is 1.83 bits per heavy atom. The zero-order valence-electron chi connectivity index (χ0n) is 10.2. The second kappa shape index (κ2) is 5.51. The Morgan fingerprint density at radius 3 is 2.44 bits per heavy atom. The number of rotatable bonds is 4. The fourth-order valence-electron chi connectivity index (χ4n) is 1.85. The van der Waals surface area contributed by atoms with E-state index in [0.29, 0.717) is 12.1 Å². The molecule has 0 radical (unpaired) electrons. The SMILES string of the molecule is CC(NCc1ccccn1)c1c(O)cccc1O. The van der Waals surface area contributed by atoms with Crippen molar-refractivity contribution in [2.75, 3.05) is 0 Å². The van der Waals surface area contributed by atoms with Crippen LogP contribution in [0.3, 0.4) is 0 Å². The summed E-state index contributed by atoms with van der Waals surface area (Å²) >= 11 is 0. The minimum atomic E-state index is -0.159. The van der Waals surface area contributed by atoms with Crippen LogP contribution in [-0.2, 0) is 6.54 Å². The molecule has 1 heterocycles. The van der Waals surface area contributed by atoms with E-state index in [4.69, 9.17) is 0 Å². The van der Waals surface area contributed by atoms with E-state index >= 15 is 0 Å². The highest BCUT2D eigenvalue weighted by Gasteiger charge is 2.14. The molecule has 2 rings (SSSR count). The van der Waals surface area contributed by atoms with E-state index in [1.807, 2.05) is 25.1 Å². The third kappa shape index (κ3) is 2.78. The third-order valence-electron chi connectivity index (χ3n) is 2.81. The molecule has 4 nitrogen and oxygen atoms in total. The van der Waals surface area contributed by atoms with Gasteiger partial charge in [-0.3, -0.25) is 4.98 Å². The van der Waals surface area contributed by atoms with Crippen LogP contribution >= 0.6 is 0 Å². The standard InChI is InChI=1S/C14H16N2O2/c1-10(14-12(17)6-4-7-13(14)18)16-9-11-5-2-3-8-15-11/h2-8,10,16-18H,9H2,1H3. The summed E-state index contributed by atoms with van der Waals surface area (Å²) in [6.45, 7) is 2.47. The molecule has 0 aliphatic carbocycles. The molecular weight excluding hydrogens is 228 g/mol. The molecule has 0 bridgehead atoms. The van der Waals surface area contributed by atoms with Gasteiger partial charge in [-0.15, -0.1) is 0 Å². The van der Waals surface area contributed by atoms with Gasteiger partial charge >= 0.3 is 0 Å². The summed E-state index contributed by atoms with van der Waals surface area (Å²) in [6, 6.07) is 10.3. The average Bonchev–Trinajstić information content (AvgIpc) is 2.37. The van der Waals surface area contributed by atoms with Crippen LogP contribution in [0.25, 0.3) is 0 Å². The fourth-order valence-corrected chi connectivity index (χ4v) is 1.85. The van der Waals surface area contributed by atoms with Crippen molar-refractivity contribution in [3.8, 4) is 11.5 Å². The van der Waals surface area contributed by atoms with E-state index in [2.05, 4.69) is 10.3 Å². The van der Waals surface area contributed by atoms with Crippen molar-refractivity contribution in [2.45, 2.75) is 19.5 Å². The van der Waals surface area contributed by atoms with Crippen molar-refractivity contribution in [1.82, 2.24) is 10.3 Å². The van der Waals surface area contributed by atoms with Gasteiger partial charge in [-0.25, -0.2) is 0 Å². The first-order chi connectivity index (χ1) is 8.68. The Bertz CT molecular complexity index is 494. The highest BCUT2D eigenvalue weighted by molar-refractivity contribution is 5.44. The number of nitrogens with zero attached hydrogens (tertiary/aromatic N) is 1. The molecule has 1 aromatic carbocycles. The maximum atomic E-state index is 9.74. The van der Waals surface area contributed by atoms with E-state index in [0.717, 1.165) is 5.69 Å². The Balaban J connectivity index is 2.06. The molecule has 3 N–H and O–H groups in total. The van der Waals surface area contributed by atoms with Gasteiger partial charge in [0, 0.05) is 18.8 Å². The first kappa shape index (κ1) is 12.4. The van der Waals surface area contributed by atoms with Gasteiger partial charge < -0.3 is 15.5 Å². The summed E-state index contributed by atoms with van der Waals surface area (Å²) in [6.07, 6.45) is 1.74. The van der Waals surface area contributed by atoms with Crippen LogP contribution in [0.15, 0.2) is 42.6 Å². The highest BCUT2D eigenvalue weighted by atomic mass is 16.3. The van der Waals surface area contributed by atoms with Crippen LogP contribution < -0.4 is 5.32 Å². The van der Waals surface area contributed by atoms with Crippen molar-refractivity contribution in [3.63, 3.8) is 0 Å². The van der Waals surface area contributed by atoms with Crippen molar-refractivity contribution in [2.24, 2.45) is 0 Å². The number of benzene rings is 1. The monoisotopic (exact) mass is 244 g/mol. The summed E-state index contributed by atoms with van der Waals surface area (Å²) in [7, 11) is 0. The average molecular weight is 244 g/mol. The van der Waals surface area contributed by atoms with Crippen molar-refractivity contribution >= 4 is 0 Å². The number of pyridine rings is 1. The molecule has 0 aliphatic rings. The molecule has 1 atom stereocenters. The number of phenolic OH excluding ortho intramolecular Hbond substituents is 2. The normalized spacial score (nSPS) is 12.3. The van der Waals surface area contributed by atoms with Crippen LogP contribution in [0.4, 0.5) is 0 Å². The van der Waals surface area contributed by atoms with E-state index in [-0.39, 0.29) is 17.5 Å². The molecule has 0 saturated heterocycles. The van der Waals surface area contributed by atoms with Crippen LogP contribution in [0.5, 0.6) is 11.5 Å². The maximum Gasteiger partial charge on any atom is 0.124 e. The second-order valence-electron chi connectivity index (χ2n) is 4.13. The number of aromatic nitrogens is 1. The Labute approximate surface area is 106 Å². The molecule has 1 aromatic heterocycles. The van der Waals surface area contributed by atoms with Crippen molar-refractivity contribution in [3.05, 3.63) is 53.9 Å². The maximum absolute atomic E-state index is 9.74. The second-order valence-corrected chi connectivity index (χ2v) is 4.13. The molecular formula is C14H16N2O2. The summed E-state index contributed by atoms with van der Waals surface area (Å²) in [5.41, 5.74) is 1.42. The summed E-state index contributed by atoms with van der Waals surface area (Å²) in [5, 5.41) is 22.7. The first-order valence-corrected chi connectivity index (χ1v) is 5.82. The van der Waals surface area contributed by atoms with Crippen LogP contribution in [-0.4, -0.2) is 15.2 Å². The summed E-state index contributed by atoms with van der Waals surface area (Å²) in [4.78, 5) is 4.20. The van der Waals surface area contributed by atoms with E-state index in [1.54, 1.807) is 24.4 Å². The molecule has 0 spiro atoms. The quantitative estimate of drug-likeness (QED) is 0.772. The van der Waals surface area contributed by atoms with Crippen LogP contribution in [0.2, 0.25) is 0 Å². The lowest BCUT2D eigenvalue weighted by molar-refractivity contribution is 0.418. The number of nitrogens with one attached hydrogen (secondary N) is 1. The largest absolute Gasteiger partial charge is 0.507 e. The number of hydrogen-bond donors (Lipinski definition) is 3. The molecule has 0 amide bonds. The van der Waals surface area contributed by atoms with Crippen molar-refractivity contribution < 1.29 is 10.2 Å². The highest BCUT2D eigenvalue weighted by Crippen LogP contribution is 2.32. The zero-order chi connectivity index (χ0) is 13.0. The number of phenols is 2. The van der Waals surface area contributed by atoms with Gasteiger partial charge in [0.15, 0.2) is 0 Å². The zero-order valence-corrected chi connectivity index (χ0v) is 10.2. The van der Waals surface area contributed by atoms with Crippen LogP contribution in [0.1, 0.15) is 24.2 Å². The van der Waals surface area contributed by atoms with Crippen LogP contribution in [0, 0.1) is 0 Å². The number of hydrogen-bond acceptors (Lipinski definition) is 4. The molecule has 0 aliphatic heterocycles. The van der Waals surface area contributed by atoms with Gasteiger partial charge in [0.05, 0.1) is 11.3 Å². The molecule has 0 saturated carbocycles. The Morgan fingerprint density at radius 1 is 1.11 bits per heavy atom. The van der Waals surface area contributed by atoms with E-state index in [9.17, 15) is 10.2 Å². The smallest absolute Gasteiger partial charge is 0.124 e. The lowest BCUT2D eigenvalue weighted by atomic mass is 10.1. The molecule has 94 valence electrons. The fraction of sp³-hybridized carbons (Fsp3) is 0.214. The van der Waals surface area contributed by atoms with E-state index in [1.165, 1.54) is 0 Å². The van der Waals surface area contributed by atoms with Gasteiger partial charge in [0.1, 0.15) is 11.5 Å². The lowest BCUT2D eigenvalue weighted by Gasteiger charge is -2.16. The minimum Gasteiger partial charge on any atom is -0.507 e. The summed E-state index contributed by atoms with van der Waals surface area (Å²) < 4.78 is 0. The van der Waals surface area contributed by atoms with Gasteiger partial charge in [-0.2, -0.15) is 0 Å². The van der Waals surface area contributed by atoms with Gasteiger partial charge in [-0.1, -0.05) is 12.1 Å². The predicted octanol–water partition coefficient (Wildman–Crippen LogP) is 2.34. The molecule has 0 fully saturated rings. The third-order valence-corrected chi connectivity index (χ3v) is 2.81. The van der Waals surface area contributed by atoms with E-state index < -0.39 is 0 Å². The Kier molecular flexibility index (Phi) is 3.79. The Hall–Kier alpha value is -2.07. The van der Waals surface area contributed by atoms with Gasteiger partial charge in [0.25, 0.3) is 0 Å². The van der Waals surface area contributed by atoms with Crippen molar-refractivity contribution in [1.29, 1.82) is 0 Å². The summed E-state index contributed by atoms with van der Waals surface area (Å²) in [5.74, 6) is 0.187. The molecule has 2 aromatic rings.